The summed E-state index contributed by atoms with van der Waals surface area (Å²) in [6.45, 7) is 0. The van der Waals surface area contributed by atoms with Crippen molar-refractivity contribution in [2.24, 2.45) is 0 Å². The molecule has 4 rings (SSSR count). The minimum Gasteiger partial charge on any atom is -0.290 e. The summed E-state index contributed by atoms with van der Waals surface area (Å²) in [7, 11) is 0. The van der Waals surface area contributed by atoms with E-state index in [1.54, 1.807) is 0 Å². The Hall–Kier alpha value is -3.00. The highest BCUT2D eigenvalue weighted by atomic mass is 16.1. The predicted molar refractivity (Wildman–Crippen MR) is 92.4 cm³/mol. The summed E-state index contributed by atoms with van der Waals surface area (Å²) in [4.78, 5) is 23.7. The molecule has 0 atom stereocenters. The van der Waals surface area contributed by atoms with Crippen LogP contribution in [0.25, 0.3) is 21.5 Å². The van der Waals surface area contributed by atoms with Gasteiger partial charge in [-0.2, -0.15) is 0 Å². The van der Waals surface area contributed by atoms with Gasteiger partial charge in [-0.05, 0) is 51.4 Å². The second-order valence-corrected chi connectivity index (χ2v) is 5.74. The lowest BCUT2D eigenvalue weighted by atomic mass is 9.90. The van der Waals surface area contributed by atoms with Crippen molar-refractivity contribution >= 4 is 33.1 Å². The van der Waals surface area contributed by atoms with E-state index in [0.717, 1.165) is 27.1 Å². The van der Waals surface area contributed by atoms with Gasteiger partial charge in [0.15, 0.2) is 11.6 Å². The molecule has 3 aromatic rings. The van der Waals surface area contributed by atoms with E-state index < -0.39 is 0 Å². The molecule has 0 aliphatic heterocycles. The Morgan fingerprint density at radius 1 is 0.739 bits per heavy atom. The molecule has 0 unspecified atom stereocenters. The molecular formula is C21H14O2. The predicted octanol–water partition coefficient (Wildman–Crippen LogP) is 4.17. The van der Waals surface area contributed by atoms with E-state index in [4.69, 9.17) is 0 Å². The second kappa shape index (κ2) is 5.33. The van der Waals surface area contributed by atoms with Crippen LogP contribution in [0.3, 0.4) is 0 Å². The fourth-order valence-corrected chi connectivity index (χ4v) is 3.18. The third kappa shape index (κ3) is 2.38. The van der Waals surface area contributed by atoms with E-state index >= 15 is 0 Å². The molecule has 0 fully saturated rings. The lowest BCUT2D eigenvalue weighted by Gasteiger charge is -2.13. The topological polar surface area (TPSA) is 34.1 Å². The number of rotatable bonds is 2. The Kier molecular flexibility index (Phi) is 3.16. The summed E-state index contributed by atoms with van der Waals surface area (Å²) in [6, 6.07) is 18.5. The fourth-order valence-electron chi connectivity index (χ4n) is 3.18. The summed E-state index contributed by atoms with van der Waals surface area (Å²) in [5.41, 5.74) is 1.65. The Morgan fingerprint density at radius 2 is 1.35 bits per heavy atom. The SMILES string of the molecule is O=C1C=CC(=O)C(Cc2c3ccccc3cc3ccccc23)=C1. The number of benzene rings is 3. The van der Waals surface area contributed by atoms with Gasteiger partial charge in [0, 0.05) is 12.0 Å². The van der Waals surface area contributed by atoms with Gasteiger partial charge in [-0.3, -0.25) is 9.59 Å². The van der Waals surface area contributed by atoms with Crippen molar-refractivity contribution in [3.8, 4) is 0 Å². The normalized spacial score (nSPS) is 14.5. The number of carbonyl (C=O) groups excluding carboxylic acids is 2. The highest BCUT2D eigenvalue weighted by Crippen LogP contribution is 2.30. The molecule has 110 valence electrons. The molecule has 1 aliphatic rings. The quantitative estimate of drug-likeness (QED) is 0.525. The molecule has 23 heavy (non-hydrogen) atoms. The minimum absolute atomic E-state index is 0.0818. The van der Waals surface area contributed by atoms with Crippen LogP contribution >= 0.6 is 0 Å². The summed E-state index contributed by atoms with van der Waals surface area (Å²) in [5, 5.41) is 4.54. The summed E-state index contributed by atoms with van der Waals surface area (Å²) in [6.07, 6.45) is 4.62. The van der Waals surface area contributed by atoms with Crippen LogP contribution < -0.4 is 0 Å². The first-order chi connectivity index (χ1) is 11.2. The van der Waals surface area contributed by atoms with Gasteiger partial charge in [0.25, 0.3) is 0 Å². The molecule has 0 bridgehead atoms. The van der Waals surface area contributed by atoms with Gasteiger partial charge in [-0.15, -0.1) is 0 Å². The number of allylic oxidation sites excluding steroid dienone is 4. The minimum atomic E-state index is -0.121. The third-order valence-electron chi connectivity index (χ3n) is 4.28. The van der Waals surface area contributed by atoms with Crippen LogP contribution in [0.5, 0.6) is 0 Å². The van der Waals surface area contributed by atoms with Crippen molar-refractivity contribution in [1.29, 1.82) is 0 Å². The number of hydrogen-bond acceptors (Lipinski definition) is 2. The van der Waals surface area contributed by atoms with Crippen molar-refractivity contribution in [3.05, 3.63) is 84.0 Å². The van der Waals surface area contributed by atoms with Gasteiger partial charge < -0.3 is 0 Å². The van der Waals surface area contributed by atoms with Crippen LogP contribution in [0.4, 0.5) is 0 Å². The molecule has 3 aromatic carbocycles. The summed E-state index contributed by atoms with van der Waals surface area (Å²) >= 11 is 0. The van der Waals surface area contributed by atoms with Gasteiger partial charge in [0.05, 0.1) is 0 Å². The number of carbonyl (C=O) groups is 2. The van der Waals surface area contributed by atoms with Crippen molar-refractivity contribution in [2.75, 3.05) is 0 Å². The smallest absolute Gasteiger partial charge is 0.182 e. The zero-order valence-corrected chi connectivity index (χ0v) is 12.5. The van der Waals surface area contributed by atoms with Crippen molar-refractivity contribution in [3.63, 3.8) is 0 Å². The molecule has 0 spiro atoms. The van der Waals surface area contributed by atoms with Crippen LogP contribution in [0.2, 0.25) is 0 Å². The van der Waals surface area contributed by atoms with E-state index in [1.165, 1.54) is 18.2 Å². The lowest BCUT2D eigenvalue weighted by Crippen LogP contribution is -2.10. The van der Waals surface area contributed by atoms with Crippen LogP contribution in [-0.4, -0.2) is 11.6 Å². The molecule has 0 aromatic heterocycles. The zero-order chi connectivity index (χ0) is 15.8. The average Bonchev–Trinajstić information content (AvgIpc) is 2.58. The number of ketones is 2. The molecule has 0 N–H and O–H groups in total. The molecule has 0 heterocycles. The molecule has 0 amide bonds. The first-order valence-corrected chi connectivity index (χ1v) is 7.59. The largest absolute Gasteiger partial charge is 0.290 e. The van der Waals surface area contributed by atoms with Crippen LogP contribution in [0, 0.1) is 0 Å². The maximum atomic E-state index is 12.1. The Labute approximate surface area is 133 Å². The fraction of sp³-hybridized carbons (Fsp3) is 0.0476. The monoisotopic (exact) mass is 298 g/mol. The first kappa shape index (κ1) is 13.6. The molecular weight excluding hydrogens is 284 g/mol. The van der Waals surface area contributed by atoms with E-state index in [1.807, 2.05) is 24.3 Å². The van der Waals surface area contributed by atoms with E-state index in [0.29, 0.717) is 12.0 Å². The van der Waals surface area contributed by atoms with Crippen LogP contribution in [0.15, 0.2) is 78.4 Å². The lowest BCUT2D eigenvalue weighted by molar-refractivity contribution is -0.114. The summed E-state index contributed by atoms with van der Waals surface area (Å²) in [5.74, 6) is -0.203. The third-order valence-corrected chi connectivity index (χ3v) is 4.28. The summed E-state index contributed by atoms with van der Waals surface area (Å²) < 4.78 is 0. The molecule has 0 saturated heterocycles. The Morgan fingerprint density at radius 3 is 2.00 bits per heavy atom. The van der Waals surface area contributed by atoms with Crippen molar-refractivity contribution in [1.82, 2.24) is 0 Å². The molecule has 0 radical (unpaired) electrons. The van der Waals surface area contributed by atoms with Gasteiger partial charge in [-0.1, -0.05) is 48.5 Å². The van der Waals surface area contributed by atoms with Gasteiger partial charge in [-0.25, -0.2) is 0 Å². The Balaban J connectivity index is 1.96. The van der Waals surface area contributed by atoms with Crippen LogP contribution in [-0.2, 0) is 16.0 Å². The van der Waals surface area contributed by atoms with Gasteiger partial charge in [0.2, 0.25) is 0 Å². The maximum Gasteiger partial charge on any atom is 0.182 e. The molecule has 2 heteroatoms. The van der Waals surface area contributed by atoms with Crippen molar-refractivity contribution in [2.45, 2.75) is 6.42 Å². The second-order valence-electron chi connectivity index (χ2n) is 5.74. The number of hydrogen-bond donors (Lipinski definition) is 0. The van der Waals surface area contributed by atoms with E-state index in [-0.39, 0.29) is 11.6 Å². The molecule has 1 aliphatic carbocycles. The average molecular weight is 298 g/mol. The zero-order valence-electron chi connectivity index (χ0n) is 12.5. The van der Waals surface area contributed by atoms with E-state index in [9.17, 15) is 9.59 Å². The maximum absolute atomic E-state index is 12.1. The molecule has 0 saturated carbocycles. The highest BCUT2D eigenvalue weighted by molar-refractivity contribution is 6.18. The first-order valence-electron chi connectivity index (χ1n) is 7.59. The standard InChI is InChI=1S/C21H14O2/c22-17-9-10-21(23)16(12-17)13-20-18-7-3-1-5-14(18)11-15-6-2-4-8-19(15)20/h1-12H,13H2. The van der Waals surface area contributed by atoms with E-state index in [2.05, 4.69) is 30.3 Å². The Bertz CT molecular complexity index is 968. The highest BCUT2D eigenvalue weighted by Gasteiger charge is 2.16. The van der Waals surface area contributed by atoms with Gasteiger partial charge >= 0.3 is 0 Å². The van der Waals surface area contributed by atoms with Gasteiger partial charge in [0.1, 0.15) is 0 Å². The molecule has 2 nitrogen and oxygen atoms in total. The number of fused-ring (bicyclic) bond motifs is 2. The van der Waals surface area contributed by atoms with Crippen molar-refractivity contribution < 1.29 is 9.59 Å². The van der Waals surface area contributed by atoms with Crippen LogP contribution in [0.1, 0.15) is 5.56 Å².